The number of nitrogens with one attached hydrogen (secondary N) is 1. The first-order valence-electron chi connectivity index (χ1n) is 2.79. The van der Waals surface area contributed by atoms with Gasteiger partial charge < -0.3 is 4.98 Å². The number of thiazole rings is 1. The minimum Gasteiger partial charge on any atom is -0.312 e. The molecule has 2 aromatic rings. The van der Waals surface area contributed by atoms with Crippen LogP contribution < -0.4 is 4.87 Å². The lowest BCUT2D eigenvalue weighted by molar-refractivity contribution is 1.34. The summed E-state index contributed by atoms with van der Waals surface area (Å²) >= 11 is 1.18. The summed E-state index contributed by atoms with van der Waals surface area (Å²) in [5.41, 5.74) is 0.866. The summed E-state index contributed by atoms with van der Waals surface area (Å²) < 4.78 is 0.910. The quantitative estimate of drug-likeness (QED) is 0.611. The first-order valence-corrected chi connectivity index (χ1v) is 3.61. The molecule has 0 atom stereocenters. The molecule has 2 aromatic heterocycles. The summed E-state index contributed by atoms with van der Waals surface area (Å²) in [6.07, 6.45) is 3.34. The van der Waals surface area contributed by atoms with Gasteiger partial charge in [-0.05, 0) is 6.07 Å². The van der Waals surface area contributed by atoms with Crippen molar-refractivity contribution in [2.24, 2.45) is 0 Å². The van der Waals surface area contributed by atoms with E-state index in [9.17, 15) is 4.79 Å². The average Bonchev–Trinajstić information content (AvgIpc) is 2.27. The van der Waals surface area contributed by atoms with Gasteiger partial charge in [0.15, 0.2) is 0 Å². The van der Waals surface area contributed by atoms with Gasteiger partial charge in [0, 0.05) is 12.4 Å². The van der Waals surface area contributed by atoms with E-state index in [1.54, 1.807) is 18.5 Å². The van der Waals surface area contributed by atoms with Crippen LogP contribution in [-0.4, -0.2) is 9.97 Å². The van der Waals surface area contributed by atoms with Crippen LogP contribution in [0.2, 0.25) is 0 Å². The van der Waals surface area contributed by atoms with Gasteiger partial charge in [-0.2, -0.15) is 0 Å². The highest BCUT2D eigenvalue weighted by Crippen LogP contribution is 2.09. The maximum atomic E-state index is 10.7. The van der Waals surface area contributed by atoms with Crippen LogP contribution in [0.25, 0.3) is 10.2 Å². The Balaban J connectivity index is 3.01. The third-order valence-corrected chi connectivity index (χ3v) is 2.06. The largest absolute Gasteiger partial charge is 0.312 e. The van der Waals surface area contributed by atoms with Crippen LogP contribution >= 0.6 is 11.3 Å². The van der Waals surface area contributed by atoms with Crippen LogP contribution in [0, 0.1) is 0 Å². The van der Waals surface area contributed by atoms with Crippen molar-refractivity contribution in [2.75, 3.05) is 0 Å². The SMILES string of the molecule is O=c1[nH]c2ccncc2s1. The Labute approximate surface area is 60.4 Å². The fourth-order valence-electron chi connectivity index (χ4n) is 0.800. The van der Waals surface area contributed by atoms with Gasteiger partial charge in [0.25, 0.3) is 0 Å². The fourth-order valence-corrected chi connectivity index (χ4v) is 1.50. The van der Waals surface area contributed by atoms with E-state index in [0.717, 1.165) is 10.2 Å². The van der Waals surface area contributed by atoms with Crippen molar-refractivity contribution in [1.29, 1.82) is 0 Å². The molecular weight excluding hydrogens is 148 g/mol. The van der Waals surface area contributed by atoms with Gasteiger partial charge in [-0.1, -0.05) is 11.3 Å². The van der Waals surface area contributed by atoms with Gasteiger partial charge in [0.1, 0.15) is 0 Å². The molecule has 0 saturated carbocycles. The second-order valence-electron chi connectivity index (χ2n) is 1.89. The summed E-state index contributed by atoms with van der Waals surface area (Å²) in [6.45, 7) is 0. The molecule has 50 valence electrons. The molecule has 0 aliphatic carbocycles. The standard InChI is InChI=1S/C6H4N2OS/c9-6-8-4-1-2-7-3-5(4)10-6/h1-3H,(H,8,9). The van der Waals surface area contributed by atoms with Gasteiger partial charge >= 0.3 is 4.87 Å². The second-order valence-corrected chi connectivity index (χ2v) is 2.90. The molecule has 2 rings (SSSR count). The lowest BCUT2D eigenvalue weighted by atomic mass is 10.5. The summed E-state index contributed by atoms with van der Waals surface area (Å²) in [7, 11) is 0. The van der Waals surface area contributed by atoms with Crippen molar-refractivity contribution in [2.45, 2.75) is 0 Å². The molecule has 3 nitrogen and oxygen atoms in total. The molecule has 10 heavy (non-hydrogen) atoms. The molecule has 0 bridgehead atoms. The number of hydrogen-bond donors (Lipinski definition) is 1. The Hall–Kier alpha value is -1.16. The molecule has 2 heterocycles. The third kappa shape index (κ3) is 0.733. The highest BCUT2D eigenvalue weighted by molar-refractivity contribution is 7.16. The molecule has 0 amide bonds. The van der Waals surface area contributed by atoms with Crippen molar-refractivity contribution in [1.82, 2.24) is 9.97 Å². The monoisotopic (exact) mass is 152 g/mol. The second kappa shape index (κ2) is 1.91. The Bertz CT molecular complexity index is 367. The molecule has 0 spiro atoms. The molecule has 0 fully saturated rings. The van der Waals surface area contributed by atoms with Gasteiger partial charge in [-0.15, -0.1) is 0 Å². The Morgan fingerprint density at radius 1 is 1.60 bits per heavy atom. The van der Waals surface area contributed by atoms with Crippen LogP contribution in [-0.2, 0) is 0 Å². The number of H-pyrrole nitrogens is 1. The number of nitrogens with zero attached hydrogens (tertiary/aromatic N) is 1. The molecule has 4 heteroatoms. The van der Waals surface area contributed by atoms with Crippen molar-refractivity contribution in [3.8, 4) is 0 Å². The number of hydrogen-bond acceptors (Lipinski definition) is 3. The van der Waals surface area contributed by atoms with Crippen LogP contribution in [0.5, 0.6) is 0 Å². The average molecular weight is 152 g/mol. The lowest BCUT2D eigenvalue weighted by Crippen LogP contribution is -1.89. The predicted octanol–water partition coefficient (Wildman–Crippen LogP) is 0.985. The maximum absolute atomic E-state index is 10.7. The fraction of sp³-hybridized carbons (Fsp3) is 0. The van der Waals surface area contributed by atoms with E-state index in [1.165, 1.54) is 11.3 Å². The van der Waals surface area contributed by atoms with E-state index >= 15 is 0 Å². The molecule has 0 aliphatic heterocycles. The number of pyridine rings is 1. The topological polar surface area (TPSA) is 45.8 Å². The molecule has 0 unspecified atom stereocenters. The molecule has 0 radical (unpaired) electrons. The van der Waals surface area contributed by atoms with E-state index in [1.807, 2.05) is 0 Å². The first kappa shape index (κ1) is 5.61. The zero-order chi connectivity index (χ0) is 6.97. The van der Waals surface area contributed by atoms with Gasteiger partial charge in [0.2, 0.25) is 0 Å². The van der Waals surface area contributed by atoms with Gasteiger partial charge in [-0.25, -0.2) is 0 Å². The van der Waals surface area contributed by atoms with Crippen molar-refractivity contribution >= 4 is 21.6 Å². The third-order valence-electron chi connectivity index (χ3n) is 1.22. The summed E-state index contributed by atoms with van der Waals surface area (Å²) in [6, 6.07) is 1.78. The van der Waals surface area contributed by atoms with Crippen molar-refractivity contribution in [3.63, 3.8) is 0 Å². The van der Waals surface area contributed by atoms with Gasteiger partial charge in [0.05, 0.1) is 10.2 Å². The first-order chi connectivity index (χ1) is 4.86. The minimum absolute atomic E-state index is 0.0250. The Kier molecular flexibility index (Phi) is 1.07. The van der Waals surface area contributed by atoms with Crippen molar-refractivity contribution < 1.29 is 0 Å². The number of fused-ring (bicyclic) bond motifs is 1. The van der Waals surface area contributed by atoms with E-state index < -0.39 is 0 Å². The van der Waals surface area contributed by atoms with Gasteiger partial charge in [-0.3, -0.25) is 9.78 Å². The van der Waals surface area contributed by atoms with E-state index in [4.69, 9.17) is 0 Å². The molecule has 0 aliphatic rings. The minimum atomic E-state index is -0.0250. The summed E-state index contributed by atoms with van der Waals surface area (Å²) in [5.74, 6) is 0. The normalized spacial score (nSPS) is 10.4. The molecule has 1 N–H and O–H groups in total. The van der Waals surface area contributed by atoms with E-state index in [0.29, 0.717) is 0 Å². The number of aromatic nitrogens is 2. The predicted molar refractivity (Wildman–Crippen MR) is 40.2 cm³/mol. The van der Waals surface area contributed by atoms with Crippen LogP contribution in [0.1, 0.15) is 0 Å². The van der Waals surface area contributed by atoms with Crippen LogP contribution in [0.4, 0.5) is 0 Å². The highest BCUT2D eigenvalue weighted by Gasteiger charge is 1.94. The number of rotatable bonds is 0. The van der Waals surface area contributed by atoms with E-state index in [2.05, 4.69) is 9.97 Å². The Morgan fingerprint density at radius 3 is 3.30 bits per heavy atom. The summed E-state index contributed by atoms with van der Waals surface area (Å²) in [4.78, 5) is 17.3. The maximum Gasteiger partial charge on any atom is 0.305 e. The molecular formula is C6H4N2OS. The van der Waals surface area contributed by atoms with Crippen LogP contribution in [0.15, 0.2) is 23.3 Å². The summed E-state index contributed by atoms with van der Waals surface area (Å²) in [5, 5.41) is 0. The Morgan fingerprint density at radius 2 is 2.50 bits per heavy atom. The molecule has 0 saturated heterocycles. The number of aromatic amines is 1. The lowest BCUT2D eigenvalue weighted by Gasteiger charge is -1.80. The van der Waals surface area contributed by atoms with Crippen molar-refractivity contribution in [3.05, 3.63) is 28.1 Å². The zero-order valence-electron chi connectivity index (χ0n) is 5.00. The van der Waals surface area contributed by atoms with E-state index in [-0.39, 0.29) is 4.87 Å². The van der Waals surface area contributed by atoms with Crippen LogP contribution in [0.3, 0.4) is 0 Å². The highest BCUT2D eigenvalue weighted by atomic mass is 32.1. The molecule has 0 aromatic carbocycles. The zero-order valence-corrected chi connectivity index (χ0v) is 5.81. The smallest absolute Gasteiger partial charge is 0.305 e.